The standard InChI is InChI=1S/C13H10F3N3O3/c1-22-8-4-2-7(3-5-8)18-12-17-6-9(11(20)21)10(19-12)13(14,15)16/h2-6H,1H3,(H,20,21)(H,17,18,19). The van der Waals surface area contributed by atoms with Gasteiger partial charge >= 0.3 is 12.1 Å². The molecule has 1 aromatic heterocycles. The van der Waals surface area contributed by atoms with Gasteiger partial charge in [-0.05, 0) is 24.3 Å². The van der Waals surface area contributed by atoms with Crippen LogP contribution in [0.15, 0.2) is 30.5 Å². The van der Waals surface area contributed by atoms with Gasteiger partial charge in [-0.2, -0.15) is 13.2 Å². The average molecular weight is 313 g/mol. The molecular weight excluding hydrogens is 303 g/mol. The lowest BCUT2D eigenvalue weighted by atomic mass is 10.2. The fraction of sp³-hybridized carbons (Fsp3) is 0.154. The largest absolute Gasteiger partial charge is 0.497 e. The number of ether oxygens (including phenoxy) is 1. The predicted octanol–water partition coefficient (Wildman–Crippen LogP) is 2.95. The summed E-state index contributed by atoms with van der Waals surface area (Å²) in [4.78, 5) is 17.6. The first-order valence-corrected chi connectivity index (χ1v) is 5.90. The van der Waals surface area contributed by atoms with Gasteiger partial charge in [-0.15, -0.1) is 0 Å². The highest BCUT2D eigenvalue weighted by Crippen LogP contribution is 2.31. The summed E-state index contributed by atoms with van der Waals surface area (Å²) in [7, 11) is 1.48. The van der Waals surface area contributed by atoms with Crippen LogP contribution in [0.2, 0.25) is 0 Å². The number of rotatable bonds is 4. The third-order valence-corrected chi connectivity index (χ3v) is 2.63. The molecule has 116 valence electrons. The first-order valence-electron chi connectivity index (χ1n) is 5.90. The summed E-state index contributed by atoms with van der Waals surface area (Å²) < 4.78 is 43.4. The molecule has 2 aromatic rings. The maximum atomic E-state index is 12.8. The van der Waals surface area contributed by atoms with E-state index in [2.05, 4.69) is 15.3 Å². The maximum Gasteiger partial charge on any atom is 0.434 e. The van der Waals surface area contributed by atoms with Crippen LogP contribution in [0.5, 0.6) is 5.75 Å². The Kier molecular flexibility index (Phi) is 4.15. The monoisotopic (exact) mass is 313 g/mol. The highest BCUT2D eigenvalue weighted by Gasteiger charge is 2.38. The number of aromatic carboxylic acids is 1. The molecule has 0 amide bonds. The van der Waals surface area contributed by atoms with E-state index in [-0.39, 0.29) is 5.95 Å². The number of benzene rings is 1. The first kappa shape index (κ1) is 15.5. The third-order valence-electron chi connectivity index (χ3n) is 2.63. The normalized spacial score (nSPS) is 11.1. The molecule has 0 bridgehead atoms. The van der Waals surface area contributed by atoms with Crippen LogP contribution in [0.1, 0.15) is 16.1 Å². The van der Waals surface area contributed by atoms with Gasteiger partial charge in [-0.25, -0.2) is 14.8 Å². The number of hydrogen-bond donors (Lipinski definition) is 2. The number of methoxy groups -OCH3 is 1. The predicted molar refractivity (Wildman–Crippen MR) is 70.3 cm³/mol. The number of aromatic nitrogens is 2. The lowest BCUT2D eigenvalue weighted by Crippen LogP contribution is -2.17. The zero-order valence-electron chi connectivity index (χ0n) is 11.2. The summed E-state index contributed by atoms with van der Waals surface area (Å²) in [5, 5.41) is 11.3. The van der Waals surface area contributed by atoms with Gasteiger partial charge in [0.15, 0.2) is 5.69 Å². The van der Waals surface area contributed by atoms with E-state index >= 15 is 0 Å². The van der Waals surface area contributed by atoms with Crippen LogP contribution in [0.4, 0.5) is 24.8 Å². The van der Waals surface area contributed by atoms with Gasteiger partial charge in [0, 0.05) is 11.9 Å². The highest BCUT2D eigenvalue weighted by molar-refractivity contribution is 5.88. The Hall–Kier alpha value is -2.84. The summed E-state index contributed by atoms with van der Waals surface area (Å²) in [5.41, 5.74) is -2.09. The zero-order chi connectivity index (χ0) is 16.3. The van der Waals surface area contributed by atoms with E-state index < -0.39 is 23.4 Å². The van der Waals surface area contributed by atoms with Crippen molar-refractivity contribution in [3.8, 4) is 5.75 Å². The molecule has 0 saturated heterocycles. The average Bonchev–Trinajstić information content (AvgIpc) is 2.47. The molecule has 2 N–H and O–H groups in total. The Morgan fingerprint density at radius 2 is 1.91 bits per heavy atom. The molecule has 0 saturated carbocycles. The Morgan fingerprint density at radius 3 is 2.41 bits per heavy atom. The van der Waals surface area contributed by atoms with E-state index in [0.29, 0.717) is 17.6 Å². The van der Waals surface area contributed by atoms with Crippen LogP contribution in [-0.4, -0.2) is 28.2 Å². The van der Waals surface area contributed by atoms with Crippen molar-refractivity contribution in [1.82, 2.24) is 9.97 Å². The summed E-state index contributed by atoms with van der Waals surface area (Å²) in [6, 6.07) is 6.30. The summed E-state index contributed by atoms with van der Waals surface area (Å²) in [6.07, 6.45) is -4.28. The van der Waals surface area contributed by atoms with Gasteiger partial charge in [-0.3, -0.25) is 0 Å². The van der Waals surface area contributed by atoms with Crippen LogP contribution in [0.3, 0.4) is 0 Å². The van der Waals surface area contributed by atoms with Crippen LogP contribution < -0.4 is 10.1 Å². The second kappa shape index (κ2) is 5.88. The van der Waals surface area contributed by atoms with Crippen molar-refractivity contribution in [2.24, 2.45) is 0 Å². The van der Waals surface area contributed by atoms with Gasteiger partial charge in [0.25, 0.3) is 0 Å². The number of carbonyl (C=O) groups is 1. The molecule has 6 nitrogen and oxygen atoms in total. The Labute approximate surface area is 122 Å². The number of nitrogens with one attached hydrogen (secondary N) is 1. The molecule has 0 radical (unpaired) electrons. The molecular formula is C13H10F3N3O3. The molecule has 0 unspecified atom stereocenters. The molecule has 0 aliphatic heterocycles. The molecule has 0 fully saturated rings. The lowest BCUT2D eigenvalue weighted by molar-refractivity contribution is -0.141. The SMILES string of the molecule is COc1ccc(Nc2ncc(C(=O)O)c(C(F)(F)F)n2)cc1. The van der Waals surface area contributed by atoms with Crippen molar-refractivity contribution in [3.63, 3.8) is 0 Å². The minimum Gasteiger partial charge on any atom is -0.497 e. The first-order chi connectivity index (χ1) is 10.3. The van der Waals surface area contributed by atoms with Crippen molar-refractivity contribution >= 4 is 17.6 Å². The lowest BCUT2D eigenvalue weighted by Gasteiger charge is -2.11. The number of carboxylic acids is 1. The van der Waals surface area contributed by atoms with Crippen molar-refractivity contribution in [2.75, 3.05) is 12.4 Å². The van der Waals surface area contributed by atoms with Crippen LogP contribution in [-0.2, 0) is 6.18 Å². The van der Waals surface area contributed by atoms with Crippen molar-refractivity contribution in [3.05, 3.63) is 41.7 Å². The third kappa shape index (κ3) is 3.43. The van der Waals surface area contributed by atoms with Crippen molar-refractivity contribution in [2.45, 2.75) is 6.18 Å². The van der Waals surface area contributed by atoms with Crippen molar-refractivity contribution < 1.29 is 27.8 Å². The fourth-order valence-corrected chi connectivity index (χ4v) is 1.62. The number of alkyl halides is 3. The van der Waals surface area contributed by atoms with Gasteiger partial charge in [0.05, 0.1) is 7.11 Å². The molecule has 0 atom stereocenters. The molecule has 0 aliphatic rings. The minimum atomic E-state index is -4.90. The number of hydrogen-bond acceptors (Lipinski definition) is 5. The quantitative estimate of drug-likeness (QED) is 0.903. The summed E-state index contributed by atoms with van der Waals surface area (Å²) >= 11 is 0. The minimum absolute atomic E-state index is 0.359. The topological polar surface area (TPSA) is 84.3 Å². The van der Waals surface area contributed by atoms with E-state index in [1.807, 2.05) is 0 Å². The number of anilines is 2. The van der Waals surface area contributed by atoms with Crippen LogP contribution in [0.25, 0.3) is 0 Å². The van der Waals surface area contributed by atoms with E-state index in [0.717, 1.165) is 0 Å². The van der Waals surface area contributed by atoms with E-state index in [1.54, 1.807) is 24.3 Å². The van der Waals surface area contributed by atoms with Gasteiger partial charge in [0.1, 0.15) is 11.3 Å². The number of nitrogens with zero attached hydrogens (tertiary/aromatic N) is 2. The fourth-order valence-electron chi connectivity index (χ4n) is 1.62. The summed E-state index contributed by atoms with van der Waals surface area (Å²) in [5.74, 6) is -1.53. The molecule has 0 spiro atoms. The molecule has 0 aliphatic carbocycles. The van der Waals surface area contributed by atoms with Gasteiger partial charge in [-0.1, -0.05) is 0 Å². The number of halogens is 3. The van der Waals surface area contributed by atoms with E-state index in [1.165, 1.54) is 7.11 Å². The summed E-state index contributed by atoms with van der Waals surface area (Å²) in [6.45, 7) is 0. The maximum absolute atomic E-state index is 12.8. The Bertz CT molecular complexity index is 687. The number of carboxylic acid groups (broad SMARTS) is 1. The van der Waals surface area contributed by atoms with Gasteiger partial charge in [0.2, 0.25) is 5.95 Å². The highest BCUT2D eigenvalue weighted by atomic mass is 19.4. The Morgan fingerprint density at radius 1 is 1.27 bits per heavy atom. The van der Waals surface area contributed by atoms with Crippen LogP contribution in [0, 0.1) is 0 Å². The van der Waals surface area contributed by atoms with Gasteiger partial charge < -0.3 is 15.2 Å². The molecule has 1 aromatic carbocycles. The second-order valence-corrected chi connectivity index (χ2v) is 4.11. The second-order valence-electron chi connectivity index (χ2n) is 4.11. The zero-order valence-corrected chi connectivity index (χ0v) is 11.2. The molecule has 2 rings (SSSR count). The van der Waals surface area contributed by atoms with E-state index in [9.17, 15) is 18.0 Å². The van der Waals surface area contributed by atoms with Crippen LogP contribution >= 0.6 is 0 Å². The molecule has 1 heterocycles. The van der Waals surface area contributed by atoms with E-state index in [4.69, 9.17) is 9.84 Å². The molecule has 22 heavy (non-hydrogen) atoms. The smallest absolute Gasteiger partial charge is 0.434 e. The Balaban J connectivity index is 2.33. The van der Waals surface area contributed by atoms with Crippen molar-refractivity contribution in [1.29, 1.82) is 0 Å². The molecule has 9 heteroatoms.